The summed E-state index contributed by atoms with van der Waals surface area (Å²) in [5.41, 5.74) is -1.22. The Morgan fingerprint density at radius 2 is 2.04 bits per heavy atom. The largest absolute Gasteiger partial charge is 0.417 e. The molecule has 1 aliphatic heterocycles. The van der Waals surface area contributed by atoms with Crippen LogP contribution in [0, 0.1) is 5.92 Å². The second-order valence-electron chi connectivity index (χ2n) is 5.57. The molecule has 24 heavy (non-hydrogen) atoms. The van der Waals surface area contributed by atoms with Gasteiger partial charge in [-0.2, -0.15) is 17.5 Å². The quantitative estimate of drug-likeness (QED) is 0.833. The van der Waals surface area contributed by atoms with Crippen molar-refractivity contribution in [3.8, 4) is 0 Å². The minimum atomic E-state index is -4.78. The van der Waals surface area contributed by atoms with E-state index in [-0.39, 0.29) is 36.4 Å². The zero-order chi connectivity index (χ0) is 17.3. The molecule has 0 radical (unpaired) electrons. The Labute approximate surface area is 150 Å². The predicted molar refractivity (Wildman–Crippen MR) is 89.1 cm³/mol. The maximum absolute atomic E-state index is 13.2. The maximum Gasteiger partial charge on any atom is 0.417 e. The van der Waals surface area contributed by atoms with E-state index in [4.69, 9.17) is 11.6 Å². The number of nitrogens with zero attached hydrogens (tertiary/aromatic N) is 1. The van der Waals surface area contributed by atoms with Gasteiger partial charge in [0.05, 0.1) is 10.5 Å². The third-order valence-corrected chi connectivity index (χ3v) is 6.00. The average molecular weight is 407 g/mol. The van der Waals surface area contributed by atoms with E-state index in [1.165, 1.54) is 6.07 Å². The van der Waals surface area contributed by atoms with Gasteiger partial charge >= 0.3 is 6.18 Å². The number of piperidine rings is 1. The van der Waals surface area contributed by atoms with E-state index in [0.717, 1.165) is 16.8 Å². The van der Waals surface area contributed by atoms with Crippen LogP contribution in [0.25, 0.3) is 0 Å². The molecule has 1 unspecified atom stereocenters. The molecular formula is C14H19Cl2F3N2O2S. The number of benzene rings is 1. The zero-order valence-electron chi connectivity index (χ0n) is 12.9. The molecule has 1 atom stereocenters. The van der Waals surface area contributed by atoms with Gasteiger partial charge in [-0.1, -0.05) is 11.6 Å². The normalized spacial score (nSPS) is 19.8. The van der Waals surface area contributed by atoms with Crippen LogP contribution in [0.15, 0.2) is 23.1 Å². The summed E-state index contributed by atoms with van der Waals surface area (Å²) in [5, 5.41) is 2.82. The van der Waals surface area contributed by atoms with Crippen molar-refractivity contribution < 1.29 is 21.6 Å². The molecule has 0 saturated carbocycles. The van der Waals surface area contributed by atoms with Gasteiger partial charge in [0.25, 0.3) is 0 Å². The summed E-state index contributed by atoms with van der Waals surface area (Å²) < 4.78 is 66.0. The zero-order valence-corrected chi connectivity index (χ0v) is 15.3. The van der Waals surface area contributed by atoms with E-state index in [2.05, 4.69) is 5.32 Å². The van der Waals surface area contributed by atoms with Crippen molar-refractivity contribution in [1.29, 1.82) is 0 Å². The van der Waals surface area contributed by atoms with Gasteiger partial charge in [0.2, 0.25) is 10.0 Å². The third kappa shape index (κ3) is 4.76. The highest BCUT2D eigenvalue weighted by molar-refractivity contribution is 7.89. The second kappa shape index (κ2) is 8.23. The Balaban J connectivity index is 0.00000288. The first-order chi connectivity index (χ1) is 10.7. The van der Waals surface area contributed by atoms with Gasteiger partial charge in [0.15, 0.2) is 0 Å². The maximum atomic E-state index is 13.2. The van der Waals surface area contributed by atoms with Crippen LogP contribution < -0.4 is 5.32 Å². The highest BCUT2D eigenvalue weighted by Crippen LogP contribution is 2.37. The number of hydrogen-bond donors (Lipinski definition) is 1. The van der Waals surface area contributed by atoms with E-state index >= 15 is 0 Å². The Morgan fingerprint density at radius 3 is 2.62 bits per heavy atom. The molecule has 2 rings (SSSR count). The molecule has 0 aliphatic carbocycles. The molecule has 138 valence electrons. The molecule has 1 aromatic rings. The summed E-state index contributed by atoms with van der Waals surface area (Å²) in [6.07, 6.45) is -3.31. The molecule has 1 saturated heterocycles. The molecule has 0 aromatic heterocycles. The van der Waals surface area contributed by atoms with Gasteiger partial charge in [0.1, 0.15) is 0 Å². The number of alkyl halides is 3. The molecule has 4 nitrogen and oxygen atoms in total. The highest BCUT2D eigenvalue weighted by atomic mass is 35.5. The Bertz CT molecular complexity index is 666. The predicted octanol–water partition coefficient (Wildman–Crippen LogP) is 3.40. The van der Waals surface area contributed by atoms with Crippen molar-refractivity contribution in [3.05, 3.63) is 28.8 Å². The molecule has 1 heterocycles. The summed E-state index contributed by atoms with van der Waals surface area (Å²) in [7, 11) is -2.46. The molecule has 1 fully saturated rings. The third-order valence-electron chi connectivity index (χ3n) is 3.84. The molecule has 0 amide bonds. The van der Waals surface area contributed by atoms with Crippen molar-refractivity contribution in [1.82, 2.24) is 9.62 Å². The molecule has 1 aliphatic rings. The lowest BCUT2D eigenvalue weighted by Gasteiger charge is -2.32. The molecular weight excluding hydrogens is 388 g/mol. The fourth-order valence-electron chi connectivity index (χ4n) is 2.79. The summed E-state index contributed by atoms with van der Waals surface area (Å²) >= 11 is 5.61. The lowest BCUT2D eigenvalue weighted by atomic mass is 10.00. The number of halogens is 5. The van der Waals surface area contributed by atoms with Crippen molar-refractivity contribution >= 4 is 34.0 Å². The highest BCUT2D eigenvalue weighted by Gasteiger charge is 2.40. The van der Waals surface area contributed by atoms with Gasteiger partial charge in [-0.05, 0) is 50.6 Å². The summed E-state index contributed by atoms with van der Waals surface area (Å²) in [4.78, 5) is -0.737. The number of rotatable bonds is 4. The molecule has 1 N–H and O–H groups in total. The Kier molecular flexibility index (Phi) is 7.37. The molecule has 1 aromatic carbocycles. The van der Waals surface area contributed by atoms with Crippen LogP contribution >= 0.6 is 24.0 Å². The summed E-state index contributed by atoms with van der Waals surface area (Å²) in [6.45, 7) is 1.06. The second-order valence-corrected chi connectivity index (χ2v) is 7.91. The van der Waals surface area contributed by atoms with Gasteiger partial charge in [-0.3, -0.25) is 0 Å². The average Bonchev–Trinajstić information content (AvgIpc) is 2.46. The Hall–Kier alpha value is -0.540. The van der Waals surface area contributed by atoms with Gasteiger partial charge < -0.3 is 5.32 Å². The number of nitrogens with one attached hydrogen (secondary N) is 1. The molecule has 10 heteroatoms. The van der Waals surface area contributed by atoms with E-state index in [0.29, 0.717) is 19.0 Å². The van der Waals surface area contributed by atoms with Crippen molar-refractivity contribution in [2.24, 2.45) is 5.92 Å². The van der Waals surface area contributed by atoms with Gasteiger partial charge in [-0.25, -0.2) is 8.42 Å². The van der Waals surface area contributed by atoms with E-state index in [9.17, 15) is 21.6 Å². The SMILES string of the molecule is CNCC1CCCN(S(=O)(=O)c2ccc(Cl)cc2C(F)(F)F)C1.Cl. The van der Waals surface area contributed by atoms with Crippen LogP contribution in [0.2, 0.25) is 5.02 Å². The van der Waals surface area contributed by atoms with Crippen molar-refractivity contribution in [3.63, 3.8) is 0 Å². The smallest absolute Gasteiger partial charge is 0.319 e. The van der Waals surface area contributed by atoms with Crippen LogP contribution in [-0.2, 0) is 16.2 Å². The van der Waals surface area contributed by atoms with E-state index in [1.54, 1.807) is 7.05 Å². The minimum absolute atomic E-state index is 0. The minimum Gasteiger partial charge on any atom is -0.319 e. The Morgan fingerprint density at radius 1 is 1.38 bits per heavy atom. The van der Waals surface area contributed by atoms with Crippen LogP contribution in [0.3, 0.4) is 0 Å². The monoisotopic (exact) mass is 406 g/mol. The summed E-state index contributed by atoms with van der Waals surface area (Å²) in [6, 6.07) is 2.75. The topological polar surface area (TPSA) is 49.4 Å². The van der Waals surface area contributed by atoms with Crippen LogP contribution in [0.1, 0.15) is 18.4 Å². The van der Waals surface area contributed by atoms with Crippen LogP contribution in [-0.4, -0.2) is 39.4 Å². The van der Waals surface area contributed by atoms with E-state index in [1.807, 2.05) is 0 Å². The van der Waals surface area contributed by atoms with Crippen LogP contribution in [0.5, 0.6) is 0 Å². The first kappa shape index (κ1) is 21.5. The van der Waals surface area contributed by atoms with Crippen LogP contribution in [0.4, 0.5) is 13.2 Å². The van der Waals surface area contributed by atoms with Gasteiger partial charge in [0, 0.05) is 18.1 Å². The lowest BCUT2D eigenvalue weighted by Crippen LogP contribution is -2.42. The molecule has 0 spiro atoms. The standard InChI is InChI=1S/C14H18ClF3N2O2S.ClH/c1-19-8-10-3-2-6-20(9-10)23(21,22)13-5-4-11(15)7-12(13)14(16,17)18;/h4-5,7,10,19H,2-3,6,8-9H2,1H3;1H. The fraction of sp³-hybridized carbons (Fsp3) is 0.571. The van der Waals surface area contributed by atoms with Crippen molar-refractivity contribution in [2.75, 3.05) is 26.7 Å². The van der Waals surface area contributed by atoms with Crippen molar-refractivity contribution in [2.45, 2.75) is 23.9 Å². The number of sulfonamides is 1. The number of hydrogen-bond acceptors (Lipinski definition) is 3. The first-order valence-electron chi connectivity index (χ1n) is 7.17. The first-order valence-corrected chi connectivity index (χ1v) is 8.99. The fourth-order valence-corrected chi connectivity index (χ4v) is 4.71. The lowest BCUT2D eigenvalue weighted by molar-refractivity contribution is -0.139. The molecule has 0 bridgehead atoms. The van der Waals surface area contributed by atoms with Gasteiger partial charge in [-0.15, -0.1) is 12.4 Å². The summed E-state index contributed by atoms with van der Waals surface area (Å²) in [5.74, 6) is 0.0881. The van der Waals surface area contributed by atoms with E-state index < -0.39 is 26.7 Å².